The van der Waals surface area contributed by atoms with Crippen LogP contribution in [0.15, 0.2) is 70.6 Å². The van der Waals surface area contributed by atoms with Crippen LogP contribution >= 0.6 is 0 Å². The molecule has 6 rings (SSSR count). The van der Waals surface area contributed by atoms with E-state index in [1.807, 2.05) is 34.9 Å². The van der Waals surface area contributed by atoms with Crippen molar-refractivity contribution in [1.82, 2.24) is 33.9 Å². The first-order valence-corrected chi connectivity index (χ1v) is 11.0. The number of fused-ring (bicyclic) bond motifs is 2. The Kier molecular flexibility index (Phi) is 4.90. The number of halogens is 3. The molecular formula is C24H17F3N8O2. The standard InChI is InChI=1S/C24H17F3N8O2/c1-13-21(31-12-33(13)10-14-5-3-2-4-6-14)35-23(36)16-7-15(9-29-22(16)37-35)18-8-17(24(25,26)27)19-20(28)30-11-32-34(18)19/h2-9,11-12H,10H2,1H3,(H2,28,30,32). The van der Waals surface area contributed by atoms with Crippen LogP contribution in [-0.2, 0) is 12.7 Å². The molecule has 0 aliphatic heterocycles. The third kappa shape index (κ3) is 3.63. The number of benzene rings is 1. The van der Waals surface area contributed by atoms with Gasteiger partial charge in [-0.05, 0) is 24.6 Å². The monoisotopic (exact) mass is 506 g/mol. The number of rotatable bonds is 4. The van der Waals surface area contributed by atoms with Crippen molar-refractivity contribution in [3.05, 3.63) is 88.5 Å². The molecule has 0 amide bonds. The van der Waals surface area contributed by atoms with Gasteiger partial charge in [-0.2, -0.15) is 18.3 Å². The van der Waals surface area contributed by atoms with E-state index < -0.39 is 17.3 Å². The molecule has 13 heteroatoms. The summed E-state index contributed by atoms with van der Waals surface area (Å²) >= 11 is 0. The zero-order valence-corrected chi connectivity index (χ0v) is 19.1. The topological polar surface area (TPSA) is 122 Å². The molecule has 6 aromatic rings. The van der Waals surface area contributed by atoms with Crippen molar-refractivity contribution in [3.63, 3.8) is 0 Å². The van der Waals surface area contributed by atoms with E-state index in [4.69, 9.17) is 10.3 Å². The van der Waals surface area contributed by atoms with Crippen molar-refractivity contribution in [3.8, 4) is 17.1 Å². The Hall–Kier alpha value is -4.94. The van der Waals surface area contributed by atoms with Crippen LogP contribution in [0.2, 0.25) is 0 Å². The Labute approximate surface area is 205 Å². The Morgan fingerprint density at radius 2 is 1.86 bits per heavy atom. The Morgan fingerprint density at radius 3 is 2.62 bits per heavy atom. The molecule has 2 N–H and O–H groups in total. The highest BCUT2D eigenvalue weighted by molar-refractivity contribution is 5.82. The van der Waals surface area contributed by atoms with Crippen LogP contribution in [0.3, 0.4) is 0 Å². The molecule has 5 heterocycles. The summed E-state index contributed by atoms with van der Waals surface area (Å²) in [5.41, 5.74) is 5.81. The maximum absolute atomic E-state index is 13.7. The number of hydrogen-bond acceptors (Lipinski definition) is 7. The highest BCUT2D eigenvalue weighted by Gasteiger charge is 2.36. The third-order valence-corrected chi connectivity index (χ3v) is 6.09. The lowest BCUT2D eigenvalue weighted by molar-refractivity contribution is -0.136. The molecule has 186 valence electrons. The first-order chi connectivity index (χ1) is 17.7. The van der Waals surface area contributed by atoms with Crippen molar-refractivity contribution in [2.45, 2.75) is 19.6 Å². The van der Waals surface area contributed by atoms with Gasteiger partial charge in [-0.25, -0.2) is 19.5 Å². The number of imidazole rings is 1. The van der Waals surface area contributed by atoms with Gasteiger partial charge in [0.15, 0.2) is 11.6 Å². The fourth-order valence-corrected chi connectivity index (χ4v) is 4.26. The van der Waals surface area contributed by atoms with Gasteiger partial charge in [0.1, 0.15) is 17.2 Å². The van der Waals surface area contributed by atoms with Gasteiger partial charge in [-0.3, -0.25) is 4.79 Å². The molecule has 1 aromatic carbocycles. The zero-order chi connectivity index (χ0) is 25.9. The first-order valence-electron chi connectivity index (χ1n) is 11.0. The maximum Gasteiger partial charge on any atom is 0.418 e. The second-order valence-corrected chi connectivity index (χ2v) is 8.38. The molecule has 0 saturated heterocycles. The van der Waals surface area contributed by atoms with Gasteiger partial charge in [0.25, 0.3) is 11.3 Å². The lowest BCUT2D eigenvalue weighted by atomic mass is 10.1. The minimum Gasteiger partial charge on any atom is -0.382 e. The molecule has 37 heavy (non-hydrogen) atoms. The average Bonchev–Trinajstić information content (AvgIpc) is 3.54. The van der Waals surface area contributed by atoms with E-state index in [2.05, 4.69) is 20.1 Å². The molecule has 0 atom stereocenters. The number of hydrogen-bond donors (Lipinski definition) is 1. The molecule has 0 bridgehead atoms. The summed E-state index contributed by atoms with van der Waals surface area (Å²) in [7, 11) is 0. The summed E-state index contributed by atoms with van der Waals surface area (Å²) in [5.74, 6) is -0.0386. The van der Waals surface area contributed by atoms with Crippen molar-refractivity contribution in [2.75, 3.05) is 5.73 Å². The van der Waals surface area contributed by atoms with Crippen LogP contribution in [0.1, 0.15) is 16.8 Å². The van der Waals surface area contributed by atoms with Gasteiger partial charge in [0.05, 0.1) is 23.3 Å². The smallest absolute Gasteiger partial charge is 0.382 e. The minimum absolute atomic E-state index is 0.0109. The lowest BCUT2D eigenvalue weighted by Crippen LogP contribution is -2.14. The number of nitrogens with two attached hydrogens (primary N) is 1. The minimum atomic E-state index is -4.70. The molecule has 10 nitrogen and oxygen atoms in total. The number of nitrogen functional groups attached to an aromatic ring is 1. The van der Waals surface area contributed by atoms with Crippen LogP contribution < -0.4 is 11.3 Å². The SMILES string of the molecule is Cc1c(-n2oc3ncc(-c4cc(C(F)(F)F)c5c(N)ncnn45)cc3c2=O)ncn1Cc1ccccc1. The van der Waals surface area contributed by atoms with Crippen LogP contribution in [0.25, 0.3) is 33.7 Å². The number of nitrogens with zero attached hydrogens (tertiary/aromatic N) is 7. The average molecular weight is 506 g/mol. The summed E-state index contributed by atoms with van der Waals surface area (Å²) in [6.07, 6.45) is -0.738. The lowest BCUT2D eigenvalue weighted by Gasteiger charge is -2.05. The molecule has 0 saturated carbocycles. The first kappa shape index (κ1) is 22.5. The summed E-state index contributed by atoms with van der Waals surface area (Å²) in [4.78, 5) is 25.5. The van der Waals surface area contributed by atoms with Crippen LogP contribution in [-0.4, -0.2) is 33.9 Å². The number of aromatic nitrogens is 7. The molecule has 0 spiro atoms. The molecule has 0 unspecified atom stereocenters. The highest BCUT2D eigenvalue weighted by atomic mass is 19.4. The van der Waals surface area contributed by atoms with E-state index in [1.54, 1.807) is 13.3 Å². The molecule has 0 fully saturated rings. The highest BCUT2D eigenvalue weighted by Crippen LogP contribution is 2.38. The van der Waals surface area contributed by atoms with Gasteiger partial charge >= 0.3 is 6.18 Å². The molecule has 5 aromatic heterocycles. The van der Waals surface area contributed by atoms with Gasteiger partial charge < -0.3 is 14.8 Å². The van der Waals surface area contributed by atoms with E-state index in [-0.39, 0.29) is 39.5 Å². The van der Waals surface area contributed by atoms with E-state index in [0.29, 0.717) is 12.2 Å². The molecule has 0 aliphatic carbocycles. The van der Waals surface area contributed by atoms with Crippen molar-refractivity contribution >= 4 is 22.4 Å². The number of anilines is 1. The third-order valence-electron chi connectivity index (χ3n) is 6.09. The van der Waals surface area contributed by atoms with Crippen molar-refractivity contribution < 1.29 is 17.7 Å². The summed E-state index contributed by atoms with van der Waals surface area (Å²) < 4.78 is 50.7. The van der Waals surface area contributed by atoms with Gasteiger partial charge in [-0.1, -0.05) is 30.3 Å². The zero-order valence-electron chi connectivity index (χ0n) is 19.1. The van der Waals surface area contributed by atoms with Gasteiger partial charge in [0.2, 0.25) is 0 Å². The predicted molar refractivity (Wildman–Crippen MR) is 127 cm³/mol. The summed E-state index contributed by atoms with van der Waals surface area (Å²) in [6, 6.07) is 12.0. The molecular weight excluding hydrogens is 489 g/mol. The van der Waals surface area contributed by atoms with E-state index in [9.17, 15) is 18.0 Å². The van der Waals surface area contributed by atoms with Crippen LogP contribution in [0, 0.1) is 6.92 Å². The molecule has 0 radical (unpaired) electrons. The maximum atomic E-state index is 13.7. The Bertz CT molecular complexity index is 1850. The Morgan fingerprint density at radius 1 is 1.08 bits per heavy atom. The second kappa shape index (κ2) is 8.05. The fourth-order valence-electron chi connectivity index (χ4n) is 4.26. The Balaban J connectivity index is 1.45. The van der Waals surface area contributed by atoms with Crippen molar-refractivity contribution in [2.24, 2.45) is 0 Å². The van der Waals surface area contributed by atoms with Crippen LogP contribution in [0.5, 0.6) is 0 Å². The fraction of sp³-hybridized carbons (Fsp3) is 0.125. The summed E-state index contributed by atoms with van der Waals surface area (Å²) in [6.45, 7) is 2.35. The normalized spacial score (nSPS) is 12.1. The van der Waals surface area contributed by atoms with Crippen LogP contribution in [0.4, 0.5) is 19.0 Å². The number of alkyl halides is 3. The largest absolute Gasteiger partial charge is 0.418 e. The number of pyridine rings is 1. The van der Waals surface area contributed by atoms with Crippen molar-refractivity contribution in [1.29, 1.82) is 0 Å². The van der Waals surface area contributed by atoms with Gasteiger partial charge in [0, 0.05) is 18.3 Å². The van der Waals surface area contributed by atoms with Gasteiger partial charge in [-0.15, -0.1) is 4.74 Å². The molecule has 0 aliphatic rings. The quantitative estimate of drug-likeness (QED) is 0.385. The van der Waals surface area contributed by atoms with E-state index in [1.165, 1.54) is 12.3 Å². The van der Waals surface area contributed by atoms with E-state index in [0.717, 1.165) is 27.2 Å². The van der Waals surface area contributed by atoms with E-state index >= 15 is 0 Å². The predicted octanol–water partition coefficient (Wildman–Crippen LogP) is 3.84. The second-order valence-electron chi connectivity index (χ2n) is 8.38. The summed E-state index contributed by atoms with van der Waals surface area (Å²) in [5, 5.41) is 4.00.